The van der Waals surface area contributed by atoms with Crippen LogP contribution in [-0.2, 0) is 23.0 Å². The second-order valence-electron chi connectivity index (χ2n) is 13.4. The molecule has 8 rings (SSSR count). The van der Waals surface area contributed by atoms with E-state index in [4.69, 9.17) is 56.6 Å². The molecular formula is C39H33Cl4N5O3S3. The molecule has 0 aliphatic heterocycles. The molecule has 278 valence electrons. The van der Waals surface area contributed by atoms with E-state index in [0.29, 0.717) is 32.2 Å². The first-order chi connectivity index (χ1) is 26.0. The predicted molar refractivity (Wildman–Crippen MR) is 223 cm³/mol. The highest BCUT2D eigenvalue weighted by molar-refractivity contribution is 7.88. The average molecular weight is 858 g/mol. The molecule has 2 aliphatic carbocycles. The molecule has 15 heteroatoms. The van der Waals surface area contributed by atoms with Crippen molar-refractivity contribution < 1.29 is 13.0 Å². The Balaban J connectivity index is 0.875. The van der Waals surface area contributed by atoms with Crippen molar-refractivity contribution in [3.63, 3.8) is 0 Å². The largest absolute Gasteiger partial charge is 0.306 e. The monoisotopic (exact) mass is 855 g/mol. The summed E-state index contributed by atoms with van der Waals surface area (Å²) in [4.78, 5) is 4.36. The van der Waals surface area contributed by atoms with E-state index < -0.39 is 10.1 Å². The normalized spacial score (nSPS) is 13.5. The molecule has 0 saturated carbocycles. The highest BCUT2D eigenvalue weighted by atomic mass is 35.5. The molecular weight excluding hydrogens is 824 g/mol. The molecule has 8 nitrogen and oxygen atoms in total. The molecule has 6 aromatic rings. The highest BCUT2D eigenvalue weighted by Crippen LogP contribution is 2.47. The number of thiophene rings is 2. The van der Waals surface area contributed by atoms with E-state index >= 15 is 0 Å². The minimum Gasteiger partial charge on any atom is -0.306 e. The third kappa shape index (κ3) is 7.38. The van der Waals surface area contributed by atoms with Crippen LogP contribution in [0.2, 0.25) is 20.1 Å². The fourth-order valence-electron chi connectivity index (χ4n) is 7.06. The molecule has 0 unspecified atom stereocenters. The minimum absolute atomic E-state index is 0.0846. The summed E-state index contributed by atoms with van der Waals surface area (Å²) < 4.78 is 37.1. The third-order valence-electron chi connectivity index (χ3n) is 9.63. The first-order valence-corrected chi connectivity index (χ1v) is 21.9. The Bertz CT molecular complexity index is 2580. The number of hydrogen-bond acceptors (Lipinski definition) is 7. The minimum atomic E-state index is -4.32. The van der Waals surface area contributed by atoms with E-state index in [-0.39, 0.29) is 4.21 Å². The number of nitrogens with zero attached hydrogens (tertiary/aromatic N) is 5. The lowest BCUT2D eigenvalue weighted by Crippen LogP contribution is -2.20. The number of rotatable bonds is 13. The van der Waals surface area contributed by atoms with Crippen LogP contribution in [0.15, 0.2) is 70.3 Å². The fraction of sp³-hybridized carbons (Fsp3) is 0.231. The van der Waals surface area contributed by atoms with Gasteiger partial charge in [0.05, 0.1) is 54.0 Å². The van der Waals surface area contributed by atoms with Gasteiger partial charge in [0.2, 0.25) is 0 Å². The molecule has 0 radical (unpaired) electrons. The van der Waals surface area contributed by atoms with Gasteiger partial charge in [0.1, 0.15) is 4.21 Å². The van der Waals surface area contributed by atoms with Crippen LogP contribution in [0.3, 0.4) is 0 Å². The maximum atomic E-state index is 11.9. The Morgan fingerprint density at radius 3 is 1.85 bits per heavy atom. The zero-order valence-electron chi connectivity index (χ0n) is 28.9. The number of halogens is 4. The van der Waals surface area contributed by atoms with Crippen molar-refractivity contribution in [2.45, 2.75) is 42.7 Å². The van der Waals surface area contributed by atoms with Gasteiger partial charge in [-0.25, -0.2) is 9.36 Å². The van der Waals surface area contributed by atoms with Crippen LogP contribution in [0.5, 0.6) is 0 Å². The van der Waals surface area contributed by atoms with Gasteiger partial charge in [-0.15, -0.1) is 22.7 Å². The van der Waals surface area contributed by atoms with Crippen LogP contribution in [-0.4, -0.2) is 57.6 Å². The summed E-state index contributed by atoms with van der Waals surface area (Å²) in [5.41, 5.74) is 9.53. The molecule has 2 aliphatic rings. The molecule has 0 amide bonds. The molecule has 0 spiro atoms. The summed E-state index contributed by atoms with van der Waals surface area (Å²) in [6.45, 7) is 1.94. The summed E-state index contributed by atoms with van der Waals surface area (Å²) in [6.07, 6.45) is 13.7. The molecule has 4 aromatic heterocycles. The zero-order valence-corrected chi connectivity index (χ0v) is 34.4. The smallest absolute Gasteiger partial charge is 0.304 e. The summed E-state index contributed by atoms with van der Waals surface area (Å²) in [6, 6.07) is 14.5. The van der Waals surface area contributed by atoms with Gasteiger partial charge in [-0.05, 0) is 123 Å². The number of allylic oxidation sites excluding steroid dienone is 2. The number of fused-ring (bicyclic) bond motifs is 6. The Morgan fingerprint density at radius 1 is 0.778 bits per heavy atom. The molecule has 4 heterocycles. The SMILES string of the molecule is CN(CCCC=Cc1nn(-c2ccc(Cl)cc2Cl)c2c1Cc1ccsc1-2)CCCC=Cc1nn(-c2ccc(Cl)cc2Cl)c2c1Cc1cc(S(=O)(=O)O)sc1-2. The Labute approximate surface area is 341 Å². The molecule has 2 aromatic carbocycles. The zero-order chi connectivity index (χ0) is 37.7. The maximum absolute atomic E-state index is 11.9. The van der Waals surface area contributed by atoms with Crippen LogP contribution >= 0.6 is 69.1 Å². The van der Waals surface area contributed by atoms with E-state index in [2.05, 4.69) is 41.6 Å². The van der Waals surface area contributed by atoms with E-state index in [0.717, 1.165) is 101 Å². The van der Waals surface area contributed by atoms with Crippen molar-refractivity contribution in [1.82, 2.24) is 24.5 Å². The van der Waals surface area contributed by atoms with Gasteiger partial charge in [0.15, 0.2) is 0 Å². The molecule has 0 saturated heterocycles. The topological polar surface area (TPSA) is 93.3 Å². The van der Waals surface area contributed by atoms with Crippen molar-refractivity contribution in [2.75, 3.05) is 20.1 Å². The second kappa shape index (κ2) is 15.4. The number of unbranched alkanes of at least 4 members (excludes halogenated alkanes) is 2. The van der Waals surface area contributed by atoms with Crippen molar-refractivity contribution in [1.29, 1.82) is 0 Å². The van der Waals surface area contributed by atoms with Gasteiger partial charge in [-0.1, -0.05) is 58.6 Å². The van der Waals surface area contributed by atoms with E-state index in [1.54, 1.807) is 46.4 Å². The number of benzene rings is 2. The van der Waals surface area contributed by atoms with Gasteiger partial charge < -0.3 is 4.90 Å². The summed E-state index contributed by atoms with van der Waals surface area (Å²) in [5.74, 6) is 0. The summed E-state index contributed by atoms with van der Waals surface area (Å²) in [7, 11) is -2.17. The molecule has 0 atom stereocenters. The Morgan fingerprint density at radius 2 is 1.31 bits per heavy atom. The Hall–Kier alpha value is -3.23. The van der Waals surface area contributed by atoms with Gasteiger partial charge in [0, 0.05) is 34.0 Å². The standard InChI is InChI=1S/C39H33Cl4N5O3S3/c1-46(15-6-2-4-8-31-27-18-23-14-17-52-38(23)36(27)47(44-31)33-12-10-25(40)21-29(33)42)16-7-3-5-9-32-28-19-24-20-35(54(49,50)51)53-39(24)37(28)48(45-32)34-13-11-26(41)22-30(34)43/h4-5,8-14,17,20-22H,2-3,6-7,15-16,18-19H2,1H3,(H,49,50,51). The number of hydrogen-bond donors (Lipinski definition) is 1. The van der Waals surface area contributed by atoms with Gasteiger partial charge in [-0.2, -0.15) is 18.6 Å². The van der Waals surface area contributed by atoms with Gasteiger partial charge in [-0.3, -0.25) is 4.55 Å². The first-order valence-electron chi connectivity index (χ1n) is 17.3. The van der Waals surface area contributed by atoms with Crippen molar-refractivity contribution >= 4 is 91.3 Å². The summed E-state index contributed by atoms with van der Waals surface area (Å²) in [5, 5.41) is 14.1. The lowest BCUT2D eigenvalue weighted by atomic mass is 10.1. The van der Waals surface area contributed by atoms with E-state index in [9.17, 15) is 13.0 Å². The van der Waals surface area contributed by atoms with Crippen LogP contribution in [0.25, 0.3) is 44.7 Å². The maximum Gasteiger partial charge on any atom is 0.304 e. The molecule has 54 heavy (non-hydrogen) atoms. The van der Waals surface area contributed by atoms with Gasteiger partial charge >= 0.3 is 10.1 Å². The molecule has 0 fully saturated rings. The van der Waals surface area contributed by atoms with Crippen LogP contribution in [0.4, 0.5) is 0 Å². The average Bonchev–Trinajstić information content (AvgIpc) is 3.94. The Kier molecular flexibility index (Phi) is 10.7. The third-order valence-corrected chi connectivity index (χ3v) is 14.2. The van der Waals surface area contributed by atoms with Gasteiger partial charge in [0.25, 0.3) is 0 Å². The predicted octanol–water partition coefficient (Wildman–Crippen LogP) is 11.4. The van der Waals surface area contributed by atoms with Crippen LogP contribution in [0, 0.1) is 0 Å². The summed E-state index contributed by atoms with van der Waals surface area (Å²) >= 11 is 28.3. The van der Waals surface area contributed by atoms with E-state index in [1.807, 2.05) is 22.9 Å². The van der Waals surface area contributed by atoms with Crippen molar-refractivity contribution in [3.05, 3.63) is 120 Å². The van der Waals surface area contributed by atoms with Crippen LogP contribution in [0.1, 0.15) is 59.3 Å². The van der Waals surface area contributed by atoms with Crippen molar-refractivity contribution in [2.24, 2.45) is 0 Å². The fourth-order valence-corrected chi connectivity index (χ4v) is 10.9. The first kappa shape index (κ1) is 37.7. The van der Waals surface area contributed by atoms with Crippen LogP contribution < -0.4 is 0 Å². The number of aromatic nitrogens is 4. The lowest BCUT2D eigenvalue weighted by Gasteiger charge is -2.15. The van der Waals surface area contributed by atoms with E-state index in [1.165, 1.54) is 16.0 Å². The molecule has 0 bridgehead atoms. The lowest BCUT2D eigenvalue weighted by molar-refractivity contribution is 0.327. The van der Waals surface area contributed by atoms with Crippen molar-refractivity contribution in [3.8, 4) is 32.5 Å². The second-order valence-corrected chi connectivity index (χ2v) is 18.7. The quantitative estimate of drug-likeness (QED) is 0.0917. The molecule has 1 N–H and O–H groups in total. The highest BCUT2D eigenvalue weighted by Gasteiger charge is 2.33.